The summed E-state index contributed by atoms with van der Waals surface area (Å²) in [7, 11) is 1.79. The fraction of sp³-hybridized carbons (Fsp3) is 0.619. The van der Waals surface area contributed by atoms with Gasteiger partial charge in [-0.25, -0.2) is 8.78 Å². The van der Waals surface area contributed by atoms with E-state index >= 15 is 0 Å². The van der Waals surface area contributed by atoms with E-state index in [1.165, 1.54) is 12.1 Å². The second-order valence-corrected chi connectivity index (χ2v) is 8.10. The molecular formula is C21H28F2N2O3. The highest BCUT2D eigenvalue weighted by Crippen LogP contribution is 2.44. The Labute approximate surface area is 164 Å². The molecule has 0 aromatic heterocycles. The molecule has 2 aliphatic rings. The lowest BCUT2D eigenvalue weighted by Crippen LogP contribution is -2.46. The summed E-state index contributed by atoms with van der Waals surface area (Å²) in [5, 5.41) is 9.01. The molecule has 3 rings (SSSR count). The summed E-state index contributed by atoms with van der Waals surface area (Å²) >= 11 is 0. The Hall–Kier alpha value is -2.02. The number of halogens is 2. The van der Waals surface area contributed by atoms with E-state index in [0.29, 0.717) is 37.9 Å². The van der Waals surface area contributed by atoms with Crippen LogP contribution in [0.1, 0.15) is 50.5 Å². The minimum atomic E-state index is -0.912. The predicted molar refractivity (Wildman–Crippen MR) is 101 cm³/mol. The van der Waals surface area contributed by atoms with E-state index in [1.54, 1.807) is 7.05 Å². The number of hydrogen-bond donors (Lipinski definition) is 1. The number of likely N-dealkylation sites (N-methyl/N-ethyl adjacent to an activating group) is 1. The topological polar surface area (TPSA) is 60.9 Å². The van der Waals surface area contributed by atoms with Crippen molar-refractivity contribution in [2.75, 3.05) is 26.7 Å². The fourth-order valence-electron chi connectivity index (χ4n) is 4.82. The van der Waals surface area contributed by atoms with Gasteiger partial charge in [0.15, 0.2) is 0 Å². The lowest BCUT2D eigenvalue weighted by Gasteiger charge is -2.35. The van der Waals surface area contributed by atoms with Gasteiger partial charge in [-0.15, -0.1) is 0 Å². The van der Waals surface area contributed by atoms with Crippen molar-refractivity contribution in [3.8, 4) is 0 Å². The summed E-state index contributed by atoms with van der Waals surface area (Å²) in [6.45, 7) is 1.09. The smallest absolute Gasteiger partial charge is 0.317 e. The summed E-state index contributed by atoms with van der Waals surface area (Å²) in [6.07, 6.45) is 5.15. The molecule has 1 aromatic carbocycles. The van der Waals surface area contributed by atoms with Gasteiger partial charge in [0.1, 0.15) is 11.6 Å². The van der Waals surface area contributed by atoms with E-state index in [-0.39, 0.29) is 18.5 Å². The molecule has 1 saturated carbocycles. The average Bonchev–Trinajstić information content (AvgIpc) is 2.98. The Morgan fingerprint density at radius 1 is 1.18 bits per heavy atom. The SMILES string of the molecule is CN(CC(=O)O)C1CCCN(C(=O)C2(c3ccc(F)cc3F)CCCC2)CC1. The van der Waals surface area contributed by atoms with E-state index in [4.69, 9.17) is 5.11 Å². The van der Waals surface area contributed by atoms with Gasteiger partial charge in [-0.3, -0.25) is 14.5 Å². The fourth-order valence-corrected chi connectivity index (χ4v) is 4.82. The Morgan fingerprint density at radius 2 is 1.89 bits per heavy atom. The van der Waals surface area contributed by atoms with Crippen LogP contribution in [0.15, 0.2) is 18.2 Å². The maximum Gasteiger partial charge on any atom is 0.317 e. The molecule has 1 heterocycles. The zero-order chi connectivity index (χ0) is 20.3. The van der Waals surface area contributed by atoms with E-state index in [0.717, 1.165) is 31.7 Å². The van der Waals surface area contributed by atoms with Gasteiger partial charge in [0.05, 0.1) is 12.0 Å². The number of carbonyl (C=O) groups is 2. The minimum absolute atomic E-state index is 0.0245. The summed E-state index contributed by atoms with van der Waals surface area (Å²) in [4.78, 5) is 28.1. The highest BCUT2D eigenvalue weighted by molar-refractivity contribution is 5.88. The first-order valence-electron chi connectivity index (χ1n) is 10.0. The molecule has 1 aromatic rings. The number of benzene rings is 1. The van der Waals surface area contributed by atoms with Crippen molar-refractivity contribution in [3.63, 3.8) is 0 Å². The van der Waals surface area contributed by atoms with Crippen LogP contribution in [0.3, 0.4) is 0 Å². The summed E-state index contributed by atoms with van der Waals surface area (Å²) in [6, 6.07) is 3.62. The molecule has 1 amide bonds. The standard InChI is InChI=1S/C21H28F2N2O3/c1-24(14-19(26)27)16-5-4-11-25(12-8-16)20(28)21(9-2-3-10-21)17-7-6-15(22)13-18(17)23/h6-7,13,16H,2-5,8-12,14H2,1H3,(H,26,27). The lowest BCUT2D eigenvalue weighted by atomic mass is 9.77. The van der Waals surface area contributed by atoms with Gasteiger partial charge < -0.3 is 10.0 Å². The molecule has 154 valence electrons. The molecule has 1 N–H and O–H groups in total. The molecule has 2 fully saturated rings. The van der Waals surface area contributed by atoms with Crippen molar-refractivity contribution in [1.29, 1.82) is 0 Å². The maximum atomic E-state index is 14.6. The van der Waals surface area contributed by atoms with Crippen LogP contribution in [0.2, 0.25) is 0 Å². The first kappa shape index (κ1) is 20.7. The zero-order valence-corrected chi connectivity index (χ0v) is 16.3. The van der Waals surface area contributed by atoms with E-state index in [1.807, 2.05) is 9.80 Å². The van der Waals surface area contributed by atoms with Crippen LogP contribution in [-0.4, -0.2) is 59.5 Å². The molecule has 1 saturated heterocycles. The molecule has 1 atom stereocenters. The number of aliphatic carboxylic acids is 1. The number of likely N-dealkylation sites (tertiary alicyclic amines) is 1. The van der Waals surface area contributed by atoms with E-state index < -0.39 is 23.0 Å². The predicted octanol–water partition coefficient (Wildman–Crippen LogP) is 3.17. The van der Waals surface area contributed by atoms with E-state index in [2.05, 4.69) is 0 Å². The van der Waals surface area contributed by atoms with Gasteiger partial charge in [-0.1, -0.05) is 18.9 Å². The van der Waals surface area contributed by atoms with Crippen LogP contribution in [0.4, 0.5) is 8.78 Å². The Morgan fingerprint density at radius 3 is 2.54 bits per heavy atom. The van der Waals surface area contributed by atoms with Gasteiger partial charge in [0, 0.05) is 30.8 Å². The average molecular weight is 394 g/mol. The molecule has 28 heavy (non-hydrogen) atoms. The Kier molecular flexibility index (Phi) is 6.33. The number of amides is 1. The number of hydrogen-bond acceptors (Lipinski definition) is 3. The van der Waals surface area contributed by atoms with Crippen molar-refractivity contribution in [1.82, 2.24) is 9.80 Å². The molecule has 1 aliphatic carbocycles. The highest BCUT2D eigenvalue weighted by Gasteiger charge is 2.46. The number of carboxylic acid groups (broad SMARTS) is 1. The summed E-state index contributed by atoms with van der Waals surface area (Å²) in [5.41, 5.74) is -0.606. The van der Waals surface area contributed by atoms with Crippen LogP contribution >= 0.6 is 0 Å². The van der Waals surface area contributed by atoms with Gasteiger partial charge in [0.25, 0.3) is 0 Å². The van der Waals surface area contributed by atoms with Crippen LogP contribution in [-0.2, 0) is 15.0 Å². The van der Waals surface area contributed by atoms with Crippen molar-refractivity contribution in [2.24, 2.45) is 0 Å². The monoisotopic (exact) mass is 394 g/mol. The van der Waals surface area contributed by atoms with Gasteiger partial charge in [-0.05, 0) is 45.2 Å². The number of carbonyl (C=O) groups excluding carboxylic acids is 1. The number of rotatable bonds is 5. The molecule has 7 heteroatoms. The van der Waals surface area contributed by atoms with Crippen LogP contribution in [0.5, 0.6) is 0 Å². The summed E-state index contributed by atoms with van der Waals surface area (Å²) < 4.78 is 28.0. The number of carboxylic acids is 1. The minimum Gasteiger partial charge on any atom is -0.480 e. The van der Waals surface area contributed by atoms with Crippen molar-refractivity contribution in [2.45, 2.75) is 56.4 Å². The largest absolute Gasteiger partial charge is 0.480 e. The molecule has 0 radical (unpaired) electrons. The third-order valence-corrected chi connectivity index (χ3v) is 6.31. The van der Waals surface area contributed by atoms with Gasteiger partial charge >= 0.3 is 5.97 Å². The first-order chi connectivity index (χ1) is 13.3. The molecule has 0 bridgehead atoms. The third kappa shape index (κ3) is 4.19. The van der Waals surface area contributed by atoms with Crippen LogP contribution in [0, 0.1) is 11.6 Å². The number of nitrogens with zero attached hydrogens (tertiary/aromatic N) is 2. The normalized spacial score (nSPS) is 22.3. The Bertz CT molecular complexity index is 734. The Balaban J connectivity index is 1.78. The lowest BCUT2D eigenvalue weighted by molar-refractivity contribution is -0.139. The van der Waals surface area contributed by atoms with Crippen molar-refractivity contribution < 1.29 is 23.5 Å². The molecular weight excluding hydrogens is 366 g/mol. The zero-order valence-electron chi connectivity index (χ0n) is 16.3. The molecule has 1 unspecified atom stereocenters. The summed E-state index contributed by atoms with van der Waals surface area (Å²) in [5.74, 6) is -2.22. The van der Waals surface area contributed by atoms with Crippen molar-refractivity contribution in [3.05, 3.63) is 35.4 Å². The highest BCUT2D eigenvalue weighted by atomic mass is 19.1. The van der Waals surface area contributed by atoms with Crippen molar-refractivity contribution >= 4 is 11.9 Å². The van der Waals surface area contributed by atoms with Gasteiger partial charge in [-0.2, -0.15) is 0 Å². The van der Waals surface area contributed by atoms with Gasteiger partial charge in [0.2, 0.25) is 5.91 Å². The first-order valence-corrected chi connectivity index (χ1v) is 10.0. The van der Waals surface area contributed by atoms with E-state index in [9.17, 15) is 18.4 Å². The van der Waals surface area contributed by atoms with Crippen LogP contribution < -0.4 is 0 Å². The van der Waals surface area contributed by atoms with Crippen LogP contribution in [0.25, 0.3) is 0 Å². The second kappa shape index (κ2) is 8.55. The second-order valence-electron chi connectivity index (χ2n) is 8.10. The molecule has 0 spiro atoms. The maximum absolute atomic E-state index is 14.6. The molecule has 5 nitrogen and oxygen atoms in total. The third-order valence-electron chi connectivity index (χ3n) is 6.31. The quantitative estimate of drug-likeness (QED) is 0.833. The molecule has 1 aliphatic heterocycles.